The fraction of sp³-hybridized carbons (Fsp3) is 0.615. The van der Waals surface area contributed by atoms with Crippen LogP contribution >= 0.6 is 0 Å². The molecule has 1 aliphatic heterocycles. The van der Waals surface area contributed by atoms with Gasteiger partial charge in [0.05, 0.1) is 17.9 Å². The lowest BCUT2D eigenvalue weighted by molar-refractivity contribution is 0.280. The molecule has 19 heavy (non-hydrogen) atoms. The average Bonchev–Trinajstić information content (AvgIpc) is 2.43. The minimum atomic E-state index is -0.627. The smallest absolute Gasteiger partial charge is 0.141 e. The van der Waals surface area contributed by atoms with Crippen LogP contribution in [0, 0.1) is 5.82 Å². The number of hydrogen-bond donors (Lipinski definition) is 1. The van der Waals surface area contributed by atoms with Crippen molar-refractivity contribution in [3.05, 3.63) is 29.8 Å². The Morgan fingerprint density at radius 1 is 1.47 bits per heavy atom. The number of halogens is 1. The van der Waals surface area contributed by atoms with Crippen LogP contribution in [0.4, 0.5) is 4.39 Å². The van der Waals surface area contributed by atoms with E-state index in [1.54, 1.807) is 6.07 Å². The third-order valence-corrected chi connectivity index (χ3v) is 4.74. The van der Waals surface area contributed by atoms with Gasteiger partial charge in [-0.05, 0) is 25.6 Å². The van der Waals surface area contributed by atoms with Crippen LogP contribution in [-0.2, 0) is 10.8 Å². The average molecular weight is 285 g/mol. The summed E-state index contributed by atoms with van der Waals surface area (Å²) in [6.45, 7) is 2.75. The normalized spacial score (nSPS) is 19.5. The molecule has 1 saturated heterocycles. The fourth-order valence-corrected chi connectivity index (χ4v) is 3.37. The van der Waals surface area contributed by atoms with Gasteiger partial charge in [0.1, 0.15) is 5.82 Å². The summed E-state index contributed by atoms with van der Waals surface area (Å²) in [5, 5.41) is 3.21. The zero-order chi connectivity index (χ0) is 13.7. The zero-order valence-corrected chi connectivity index (χ0v) is 12.0. The van der Waals surface area contributed by atoms with Crippen molar-refractivity contribution in [2.75, 3.05) is 38.2 Å². The van der Waals surface area contributed by atoms with Crippen LogP contribution in [0.5, 0.6) is 0 Å². The highest BCUT2D eigenvalue weighted by molar-refractivity contribution is 7.85. The predicted octanol–water partition coefficient (Wildman–Crippen LogP) is 0.936. The highest BCUT2D eigenvalue weighted by Crippen LogP contribution is 2.15. The molecule has 0 aromatic carbocycles. The van der Waals surface area contributed by atoms with Gasteiger partial charge in [-0.15, -0.1) is 0 Å². The van der Waals surface area contributed by atoms with Gasteiger partial charge >= 0.3 is 0 Å². The number of hydrogen-bond acceptors (Lipinski definition) is 4. The Morgan fingerprint density at radius 2 is 2.21 bits per heavy atom. The highest BCUT2D eigenvalue weighted by Gasteiger charge is 2.17. The van der Waals surface area contributed by atoms with E-state index in [0.29, 0.717) is 0 Å². The summed E-state index contributed by atoms with van der Waals surface area (Å²) in [5.74, 6) is 1.25. The Bertz CT molecular complexity index is 416. The highest BCUT2D eigenvalue weighted by atomic mass is 32.2. The van der Waals surface area contributed by atoms with Gasteiger partial charge in [-0.1, -0.05) is 0 Å². The Morgan fingerprint density at radius 3 is 2.79 bits per heavy atom. The van der Waals surface area contributed by atoms with Crippen molar-refractivity contribution in [1.82, 2.24) is 15.2 Å². The van der Waals surface area contributed by atoms with E-state index in [2.05, 4.69) is 15.2 Å². The van der Waals surface area contributed by atoms with Crippen molar-refractivity contribution in [2.24, 2.45) is 0 Å². The van der Waals surface area contributed by atoms with Gasteiger partial charge in [-0.2, -0.15) is 0 Å². The van der Waals surface area contributed by atoms with Gasteiger partial charge in [-0.3, -0.25) is 9.19 Å². The number of rotatable bonds is 5. The maximum Gasteiger partial charge on any atom is 0.141 e. The first-order valence-corrected chi connectivity index (χ1v) is 8.04. The van der Waals surface area contributed by atoms with Crippen LogP contribution in [0.1, 0.15) is 18.2 Å². The summed E-state index contributed by atoms with van der Waals surface area (Å²) in [5.41, 5.74) is 0.865. The van der Waals surface area contributed by atoms with Gasteiger partial charge in [-0.25, -0.2) is 4.39 Å². The third-order valence-electron chi connectivity index (χ3n) is 3.46. The molecule has 1 aromatic heterocycles. The van der Waals surface area contributed by atoms with Crippen molar-refractivity contribution in [3.8, 4) is 0 Å². The lowest BCUT2D eigenvalue weighted by atomic mass is 10.1. The summed E-state index contributed by atoms with van der Waals surface area (Å²) in [7, 11) is 1.26. The summed E-state index contributed by atoms with van der Waals surface area (Å²) in [6, 6.07) is 3.30. The molecule has 2 rings (SSSR count). The molecule has 106 valence electrons. The molecule has 2 heterocycles. The second kappa shape index (κ2) is 7.07. The van der Waals surface area contributed by atoms with Gasteiger partial charge in [0.15, 0.2) is 0 Å². The van der Waals surface area contributed by atoms with Crippen LogP contribution in [0.15, 0.2) is 18.3 Å². The van der Waals surface area contributed by atoms with E-state index in [-0.39, 0.29) is 11.9 Å². The number of aromatic nitrogens is 1. The molecule has 0 spiro atoms. The molecule has 1 fully saturated rings. The molecule has 0 saturated carbocycles. The molecule has 1 aliphatic rings. The minimum absolute atomic E-state index is 0.132. The van der Waals surface area contributed by atoms with E-state index < -0.39 is 10.8 Å². The molecule has 6 heteroatoms. The quantitative estimate of drug-likeness (QED) is 0.874. The van der Waals surface area contributed by atoms with E-state index in [1.165, 1.54) is 12.3 Å². The van der Waals surface area contributed by atoms with Gasteiger partial charge in [0.2, 0.25) is 0 Å². The first-order chi connectivity index (χ1) is 9.19. The topological polar surface area (TPSA) is 45.2 Å². The molecule has 0 bridgehead atoms. The van der Waals surface area contributed by atoms with E-state index in [4.69, 9.17) is 0 Å². The van der Waals surface area contributed by atoms with Crippen molar-refractivity contribution in [2.45, 2.75) is 12.5 Å². The van der Waals surface area contributed by atoms with Gasteiger partial charge in [0, 0.05) is 41.9 Å². The minimum Gasteiger partial charge on any atom is -0.312 e. The molecule has 1 unspecified atom stereocenters. The van der Waals surface area contributed by atoms with E-state index >= 15 is 0 Å². The second-order valence-corrected chi connectivity index (χ2v) is 6.42. The van der Waals surface area contributed by atoms with E-state index in [9.17, 15) is 8.60 Å². The van der Waals surface area contributed by atoms with Crippen LogP contribution in [0.2, 0.25) is 0 Å². The lowest BCUT2D eigenvalue weighted by Crippen LogP contribution is -2.39. The first-order valence-electron chi connectivity index (χ1n) is 6.55. The molecule has 0 amide bonds. The Hall–Kier alpha value is -0.850. The molecule has 0 radical (unpaired) electrons. The van der Waals surface area contributed by atoms with Crippen molar-refractivity contribution in [1.29, 1.82) is 0 Å². The van der Waals surface area contributed by atoms with Crippen LogP contribution in [0.25, 0.3) is 0 Å². The first kappa shape index (κ1) is 14.6. The largest absolute Gasteiger partial charge is 0.312 e. The summed E-state index contributed by atoms with van der Waals surface area (Å²) >= 11 is 0. The molecular weight excluding hydrogens is 265 g/mol. The third kappa shape index (κ3) is 4.33. The number of nitrogens with one attached hydrogen (secondary N) is 1. The summed E-state index contributed by atoms with van der Waals surface area (Å²) in [4.78, 5) is 6.45. The number of nitrogens with zero attached hydrogens (tertiary/aromatic N) is 2. The Kier molecular flexibility index (Phi) is 5.42. The van der Waals surface area contributed by atoms with Crippen LogP contribution in [0.3, 0.4) is 0 Å². The zero-order valence-electron chi connectivity index (χ0n) is 11.1. The monoisotopic (exact) mass is 285 g/mol. The molecule has 0 aliphatic carbocycles. The fourth-order valence-electron chi connectivity index (χ4n) is 2.24. The standard InChI is InChI=1S/C13H20FN3OS/c1-15-12(13-3-2-11(14)10-16-13)4-5-17-6-8-19(18)9-7-17/h2-3,10,12,15H,4-9H2,1H3. The Labute approximate surface area is 115 Å². The van der Waals surface area contributed by atoms with E-state index in [0.717, 1.165) is 43.3 Å². The number of pyridine rings is 1. The Balaban J connectivity index is 1.85. The van der Waals surface area contributed by atoms with Crippen molar-refractivity contribution in [3.63, 3.8) is 0 Å². The predicted molar refractivity (Wildman–Crippen MR) is 74.9 cm³/mol. The van der Waals surface area contributed by atoms with Crippen LogP contribution in [-0.4, -0.2) is 52.3 Å². The van der Waals surface area contributed by atoms with E-state index in [1.807, 2.05) is 7.05 Å². The molecule has 1 aromatic rings. The molecule has 1 N–H and O–H groups in total. The summed E-state index contributed by atoms with van der Waals surface area (Å²) < 4.78 is 24.1. The maximum absolute atomic E-state index is 12.8. The molecule has 1 atom stereocenters. The lowest BCUT2D eigenvalue weighted by Gasteiger charge is -2.27. The van der Waals surface area contributed by atoms with Gasteiger partial charge in [0.25, 0.3) is 0 Å². The van der Waals surface area contributed by atoms with Crippen molar-refractivity contribution < 1.29 is 8.60 Å². The summed E-state index contributed by atoms with van der Waals surface area (Å²) in [6.07, 6.45) is 2.17. The second-order valence-electron chi connectivity index (χ2n) is 4.72. The van der Waals surface area contributed by atoms with Crippen LogP contribution < -0.4 is 5.32 Å². The maximum atomic E-state index is 12.8. The van der Waals surface area contributed by atoms with Crippen molar-refractivity contribution >= 4 is 10.8 Å². The molecule has 4 nitrogen and oxygen atoms in total. The SMILES string of the molecule is CNC(CCN1CCS(=O)CC1)c1ccc(F)cn1. The molecular formula is C13H20FN3OS. The van der Waals surface area contributed by atoms with Gasteiger partial charge < -0.3 is 10.2 Å².